The van der Waals surface area contributed by atoms with Crippen molar-refractivity contribution in [1.29, 1.82) is 0 Å². The molecular weight excluding hydrogens is 192 g/mol. The summed E-state index contributed by atoms with van der Waals surface area (Å²) in [6.07, 6.45) is 4.22. The maximum atomic E-state index is 11.9. The van der Waals surface area contributed by atoms with E-state index in [4.69, 9.17) is 0 Å². The molecule has 0 saturated carbocycles. The van der Waals surface area contributed by atoms with Crippen LogP contribution in [0.1, 0.15) is 27.2 Å². The standard InChI is InChI=1S/C11H18N2O2/c1-4-5-6-13-8(2)7-10(14)12-9(3)11(13)15/h4-5,8-9H,6-7H2,1-3H3,(H,12,14)/b5-4+. The first-order valence-corrected chi connectivity index (χ1v) is 5.27. The van der Waals surface area contributed by atoms with E-state index in [2.05, 4.69) is 5.32 Å². The van der Waals surface area contributed by atoms with Gasteiger partial charge in [0.1, 0.15) is 6.04 Å². The number of carbonyl (C=O) groups is 2. The Hall–Kier alpha value is -1.32. The third-order valence-corrected chi connectivity index (χ3v) is 2.58. The Balaban J connectivity index is 2.80. The van der Waals surface area contributed by atoms with Gasteiger partial charge in [-0.3, -0.25) is 9.59 Å². The van der Waals surface area contributed by atoms with Crippen molar-refractivity contribution in [3.8, 4) is 0 Å². The molecule has 0 aromatic rings. The van der Waals surface area contributed by atoms with Gasteiger partial charge >= 0.3 is 0 Å². The van der Waals surface area contributed by atoms with Gasteiger partial charge in [-0.05, 0) is 20.8 Å². The van der Waals surface area contributed by atoms with E-state index in [1.807, 2.05) is 26.0 Å². The highest BCUT2D eigenvalue weighted by Crippen LogP contribution is 2.10. The molecule has 4 heteroatoms. The second-order valence-electron chi connectivity index (χ2n) is 3.90. The van der Waals surface area contributed by atoms with Gasteiger partial charge in [0.15, 0.2) is 0 Å². The Morgan fingerprint density at radius 1 is 1.47 bits per heavy atom. The van der Waals surface area contributed by atoms with Crippen molar-refractivity contribution in [1.82, 2.24) is 10.2 Å². The van der Waals surface area contributed by atoms with Gasteiger partial charge in [-0.2, -0.15) is 0 Å². The van der Waals surface area contributed by atoms with E-state index in [0.29, 0.717) is 13.0 Å². The van der Waals surface area contributed by atoms with Crippen LogP contribution in [0.25, 0.3) is 0 Å². The molecule has 1 fully saturated rings. The monoisotopic (exact) mass is 210 g/mol. The summed E-state index contributed by atoms with van der Waals surface area (Å²) in [6, 6.07) is -0.439. The number of nitrogens with zero attached hydrogens (tertiary/aromatic N) is 1. The fourth-order valence-electron chi connectivity index (χ4n) is 1.70. The molecule has 1 aliphatic heterocycles. The third kappa shape index (κ3) is 2.81. The van der Waals surface area contributed by atoms with Crippen LogP contribution in [0.2, 0.25) is 0 Å². The number of nitrogens with one attached hydrogen (secondary N) is 1. The minimum Gasteiger partial charge on any atom is -0.345 e. The molecule has 1 heterocycles. The Kier molecular flexibility index (Phi) is 3.88. The molecule has 0 bridgehead atoms. The number of carbonyl (C=O) groups excluding carboxylic acids is 2. The highest BCUT2D eigenvalue weighted by Gasteiger charge is 2.30. The van der Waals surface area contributed by atoms with Gasteiger partial charge < -0.3 is 10.2 Å². The van der Waals surface area contributed by atoms with E-state index in [1.165, 1.54) is 0 Å². The molecule has 15 heavy (non-hydrogen) atoms. The first-order chi connectivity index (χ1) is 7.06. The van der Waals surface area contributed by atoms with E-state index in [0.717, 1.165) is 0 Å². The van der Waals surface area contributed by atoms with E-state index >= 15 is 0 Å². The average molecular weight is 210 g/mol. The zero-order valence-corrected chi connectivity index (χ0v) is 9.49. The Morgan fingerprint density at radius 3 is 2.73 bits per heavy atom. The van der Waals surface area contributed by atoms with E-state index in [9.17, 15) is 9.59 Å². The summed E-state index contributed by atoms with van der Waals surface area (Å²) in [5, 5.41) is 2.67. The van der Waals surface area contributed by atoms with Gasteiger partial charge in [0, 0.05) is 19.0 Å². The highest BCUT2D eigenvalue weighted by atomic mass is 16.2. The van der Waals surface area contributed by atoms with Crippen LogP contribution >= 0.6 is 0 Å². The van der Waals surface area contributed by atoms with Gasteiger partial charge in [-0.1, -0.05) is 12.2 Å². The largest absolute Gasteiger partial charge is 0.345 e. The molecule has 2 unspecified atom stereocenters. The maximum Gasteiger partial charge on any atom is 0.245 e. The summed E-state index contributed by atoms with van der Waals surface area (Å²) in [5.74, 6) is -0.0576. The molecule has 0 spiro atoms. The summed E-state index contributed by atoms with van der Waals surface area (Å²) in [4.78, 5) is 25.0. The zero-order chi connectivity index (χ0) is 11.4. The molecule has 0 aromatic heterocycles. The van der Waals surface area contributed by atoms with Crippen molar-refractivity contribution in [2.45, 2.75) is 39.3 Å². The van der Waals surface area contributed by atoms with E-state index in [1.54, 1.807) is 11.8 Å². The quantitative estimate of drug-likeness (QED) is 0.682. The van der Waals surface area contributed by atoms with Crippen molar-refractivity contribution in [3.05, 3.63) is 12.2 Å². The number of allylic oxidation sites excluding steroid dienone is 1. The lowest BCUT2D eigenvalue weighted by Gasteiger charge is -2.26. The number of hydrogen-bond donors (Lipinski definition) is 1. The van der Waals surface area contributed by atoms with Crippen molar-refractivity contribution in [3.63, 3.8) is 0 Å². The molecule has 0 aliphatic carbocycles. The van der Waals surface area contributed by atoms with Gasteiger partial charge in [-0.15, -0.1) is 0 Å². The summed E-state index contributed by atoms with van der Waals surface area (Å²) in [5.41, 5.74) is 0. The maximum absolute atomic E-state index is 11.9. The SMILES string of the molecule is C/C=C/CN1C(=O)C(C)NC(=O)CC1C. The van der Waals surface area contributed by atoms with Crippen molar-refractivity contribution >= 4 is 11.8 Å². The van der Waals surface area contributed by atoms with Crippen LogP contribution in [-0.2, 0) is 9.59 Å². The van der Waals surface area contributed by atoms with Gasteiger partial charge in [0.2, 0.25) is 11.8 Å². The van der Waals surface area contributed by atoms with Crippen molar-refractivity contribution < 1.29 is 9.59 Å². The van der Waals surface area contributed by atoms with Crippen LogP contribution in [-0.4, -0.2) is 35.3 Å². The minimum absolute atomic E-state index is 0.00792. The summed E-state index contributed by atoms with van der Waals surface area (Å²) in [7, 11) is 0. The van der Waals surface area contributed by atoms with Crippen LogP contribution in [0, 0.1) is 0 Å². The normalized spacial score (nSPS) is 28.1. The molecule has 2 amide bonds. The lowest BCUT2D eigenvalue weighted by molar-refractivity contribution is -0.133. The predicted molar refractivity (Wildman–Crippen MR) is 58.2 cm³/mol. The zero-order valence-electron chi connectivity index (χ0n) is 9.49. The highest BCUT2D eigenvalue weighted by molar-refractivity contribution is 5.90. The van der Waals surface area contributed by atoms with Crippen LogP contribution in [0.5, 0.6) is 0 Å². The first-order valence-electron chi connectivity index (χ1n) is 5.27. The van der Waals surface area contributed by atoms with Crippen LogP contribution < -0.4 is 5.32 Å². The fraction of sp³-hybridized carbons (Fsp3) is 0.636. The number of amides is 2. The lowest BCUT2D eigenvalue weighted by Crippen LogP contribution is -2.44. The summed E-state index contributed by atoms with van der Waals surface area (Å²) in [6.45, 7) is 6.12. The number of rotatable bonds is 2. The molecule has 2 atom stereocenters. The molecule has 1 saturated heterocycles. The molecule has 84 valence electrons. The smallest absolute Gasteiger partial charge is 0.245 e. The minimum atomic E-state index is -0.410. The van der Waals surface area contributed by atoms with Crippen molar-refractivity contribution in [2.75, 3.05) is 6.54 Å². The van der Waals surface area contributed by atoms with Crippen LogP contribution in [0.4, 0.5) is 0 Å². The molecule has 0 radical (unpaired) electrons. The first kappa shape index (κ1) is 11.8. The average Bonchev–Trinajstić information content (AvgIpc) is 2.24. The second-order valence-corrected chi connectivity index (χ2v) is 3.90. The number of hydrogen-bond acceptors (Lipinski definition) is 2. The Morgan fingerprint density at radius 2 is 2.13 bits per heavy atom. The van der Waals surface area contributed by atoms with Gasteiger partial charge in [0.05, 0.1) is 0 Å². The molecule has 1 rings (SSSR count). The second kappa shape index (κ2) is 4.96. The topological polar surface area (TPSA) is 49.4 Å². The fourth-order valence-corrected chi connectivity index (χ4v) is 1.70. The molecule has 1 aliphatic rings. The van der Waals surface area contributed by atoms with Crippen LogP contribution in [0.3, 0.4) is 0 Å². The predicted octanol–water partition coefficient (Wildman–Crippen LogP) is 0.688. The molecule has 4 nitrogen and oxygen atoms in total. The Labute approximate surface area is 90.3 Å². The Bertz CT molecular complexity index is 286. The molecular formula is C11H18N2O2. The lowest BCUT2D eigenvalue weighted by atomic mass is 10.2. The van der Waals surface area contributed by atoms with E-state index < -0.39 is 6.04 Å². The summed E-state index contributed by atoms with van der Waals surface area (Å²) >= 11 is 0. The molecule has 1 N–H and O–H groups in total. The van der Waals surface area contributed by atoms with Gasteiger partial charge in [-0.25, -0.2) is 0 Å². The van der Waals surface area contributed by atoms with Crippen molar-refractivity contribution in [2.24, 2.45) is 0 Å². The third-order valence-electron chi connectivity index (χ3n) is 2.58. The van der Waals surface area contributed by atoms with Crippen LogP contribution in [0.15, 0.2) is 12.2 Å². The van der Waals surface area contributed by atoms with Gasteiger partial charge in [0.25, 0.3) is 0 Å². The molecule has 0 aromatic carbocycles. The summed E-state index contributed by atoms with van der Waals surface area (Å²) < 4.78 is 0. The van der Waals surface area contributed by atoms with E-state index in [-0.39, 0.29) is 17.9 Å².